The second-order valence-electron chi connectivity index (χ2n) is 17.0. The average Bonchev–Trinajstić information content (AvgIpc) is 3.76. The Hall–Kier alpha value is -3.96. The molecule has 1 saturated carbocycles. The predicted molar refractivity (Wildman–Crippen MR) is 219 cm³/mol. The zero-order valence-electron chi connectivity index (χ0n) is 35.9. The third kappa shape index (κ3) is 7.14. The summed E-state index contributed by atoms with van der Waals surface area (Å²) in [5.74, 6) is 2.64. The second-order valence-corrected chi connectivity index (χ2v) is 22.6. The van der Waals surface area contributed by atoms with E-state index < -0.39 is 38.0 Å². The molecule has 0 spiro atoms. The van der Waals surface area contributed by atoms with Gasteiger partial charge in [-0.3, -0.25) is 9.88 Å². The number of nitrogens with zero attached hydrogens (tertiary/aromatic N) is 5. The van der Waals surface area contributed by atoms with E-state index in [9.17, 15) is 7.13 Å². The largest absolute Gasteiger partial charge is 0.468 e. The average molecular weight is 804 g/mol. The molecule has 2 aromatic carbocycles. The van der Waals surface area contributed by atoms with Crippen LogP contribution in [0.5, 0.6) is 11.8 Å². The topological polar surface area (TPSA) is 82.1 Å². The van der Waals surface area contributed by atoms with Gasteiger partial charge in [-0.05, 0) is 72.4 Å². The Labute approximate surface area is 337 Å². The number of pyridine rings is 1. The van der Waals surface area contributed by atoms with Crippen molar-refractivity contribution in [3.8, 4) is 34.5 Å². The van der Waals surface area contributed by atoms with Gasteiger partial charge in [0, 0.05) is 50.4 Å². The first kappa shape index (κ1) is 37.3. The maximum Gasteiger partial charge on any atom is 0.319 e. The molecule has 4 atom stereocenters. The van der Waals surface area contributed by atoms with Crippen molar-refractivity contribution >= 4 is 35.6 Å². The SMILES string of the molecule is [2H]C([2H])(Oc1nc(N2CCCO[C@H]3C[C@H]32)c2cnc(-c3cc(OCOC)cc4ccc(F)c(C#C[Si](C(C)C)(C(C)C)C(C)C)c34)c(F)c2n1)[C@@]12CCCN1C[C@H](F)C2. The van der Waals surface area contributed by atoms with Gasteiger partial charge in [0.05, 0.1) is 31.4 Å². The summed E-state index contributed by atoms with van der Waals surface area (Å²) < 4.78 is 90.5. The molecule has 13 heteroatoms. The lowest BCUT2D eigenvalue weighted by Gasteiger charge is -2.38. The second kappa shape index (κ2) is 15.7. The highest BCUT2D eigenvalue weighted by Gasteiger charge is 2.50. The van der Waals surface area contributed by atoms with E-state index in [0.717, 1.165) is 6.42 Å². The fourth-order valence-corrected chi connectivity index (χ4v) is 15.2. The molecule has 57 heavy (non-hydrogen) atoms. The summed E-state index contributed by atoms with van der Waals surface area (Å²) in [5, 5.41) is 1.25. The Morgan fingerprint density at radius 3 is 2.60 bits per heavy atom. The minimum atomic E-state index is -2.40. The van der Waals surface area contributed by atoms with Gasteiger partial charge in [0.15, 0.2) is 12.6 Å². The molecule has 304 valence electrons. The number of methoxy groups -OCH3 is 1. The van der Waals surface area contributed by atoms with Gasteiger partial charge in [-0.25, -0.2) is 13.2 Å². The Kier molecular flexibility index (Phi) is 10.3. The van der Waals surface area contributed by atoms with E-state index in [4.69, 9.17) is 28.9 Å². The van der Waals surface area contributed by atoms with Crippen LogP contribution in [0.4, 0.5) is 19.0 Å². The van der Waals surface area contributed by atoms with E-state index in [1.807, 2.05) is 9.80 Å². The van der Waals surface area contributed by atoms with Crippen molar-refractivity contribution < 1.29 is 34.9 Å². The number of rotatable bonds is 11. The minimum absolute atomic E-state index is 0.0131. The first-order valence-electron chi connectivity index (χ1n) is 21.4. The Balaban J connectivity index is 1.34. The van der Waals surface area contributed by atoms with Crippen LogP contribution in [0.3, 0.4) is 0 Å². The van der Waals surface area contributed by atoms with Crippen molar-refractivity contribution in [1.29, 1.82) is 0 Å². The van der Waals surface area contributed by atoms with E-state index in [0.29, 0.717) is 83.3 Å². The van der Waals surface area contributed by atoms with Crippen LogP contribution in [0.1, 0.15) is 82.0 Å². The van der Waals surface area contributed by atoms with Crippen LogP contribution in [-0.4, -0.2) is 98.5 Å². The van der Waals surface area contributed by atoms with Crippen LogP contribution in [0.25, 0.3) is 32.9 Å². The number of halogens is 3. The lowest BCUT2D eigenvalue weighted by atomic mass is 9.95. The third-order valence-corrected chi connectivity index (χ3v) is 19.0. The maximum atomic E-state index is 17.7. The number of benzene rings is 2. The zero-order valence-corrected chi connectivity index (χ0v) is 34.9. The Bertz CT molecular complexity index is 2300. The number of ether oxygens (including phenoxy) is 4. The van der Waals surface area contributed by atoms with Crippen molar-refractivity contribution in [2.45, 2.75) is 114 Å². The molecule has 0 unspecified atom stereocenters. The summed E-state index contributed by atoms with van der Waals surface area (Å²) in [5.41, 5.74) is 3.43. The molecule has 4 aromatic rings. The molecule has 1 aliphatic carbocycles. The lowest BCUT2D eigenvalue weighted by Crippen LogP contribution is -2.43. The Morgan fingerprint density at radius 2 is 1.84 bits per heavy atom. The molecule has 4 fully saturated rings. The fourth-order valence-electron chi connectivity index (χ4n) is 9.97. The van der Waals surface area contributed by atoms with Crippen LogP contribution in [0.2, 0.25) is 16.6 Å². The zero-order chi connectivity index (χ0) is 42.0. The monoisotopic (exact) mass is 803 g/mol. The van der Waals surface area contributed by atoms with E-state index in [2.05, 4.69) is 58.0 Å². The molecule has 4 aliphatic rings. The molecule has 8 rings (SSSR count). The van der Waals surface area contributed by atoms with E-state index in [-0.39, 0.29) is 60.3 Å². The normalized spacial score (nSPS) is 24.4. The quantitative estimate of drug-likeness (QED) is 0.0839. The van der Waals surface area contributed by atoms with Crippen molar-refractivity contribution in [1.82, 2.24) is 19.9 Å². The van der Waals surface area contributed by atoms with Gasteiger partial charge >= 0.3 is 6.01 Å². The van der Waals surface area contributed by atoms with Crippen molar-refractivity contribution in [3.05, 3.63) is 47.7 Å². The molecule has 3 saturated heterocycles. The van der Waals surface area contributed by atoms with Gasteiger partial charge in [-0.15, -0.1) is 5.54 Å². The standard InChI is InChI=1S/C44H54F3N5O4Si/c1-26(2)57(27(3)4,28(5)6)17-12-32-35(46)11-10-29-18-31(56-25-53-7)19-33(38(29)32)40-39(47)41-34(22-48-40)42(52-15-9-16-54-37-20-36(37)52)50-43(49-41)55-24-44-13-8-14-51(44)23-30(45)21-44/h10-11,18-19,22,26-28,30,36-37H,8-9,13-16,20-21,23-25H2,1-7H3/t30-,36-,37+,44+/m1/s1/i24D2. The van der Waals surface area contributed by atoms with Gasteiger partial charge in [-0.2, -0.15) is 9.97 Å². The number of hydrogen-bond acceptors (Lipinski definition) is 9. The van der Waals surface area contributed by atoms with Crippen LogP contribution in [-0.2, 0) is 9.47 Å². The van der Waals surface area contributed by atoms with Crippen molar-refractivity contribution in [2.75, 3.05) is 51.6 Å². The molecule has 0 radical (unpaired) electrons. The molecule has 5 heterocycles. The molecule has 9 nitrogen and oxygen atoms in total. The summed E-state index contributed by atoms with van der Waals surface area (Å²) in [6.45, 7) is 12.5. The van der Waals surface area contributed by atoms with Gasteiger partial charge in [0.25, 0.3) is 0 Å². The summed E-state index contributed by atoms with van der Waals surface area (Å²) in [7, 11) is -0.832. The molecule has 0 bridgehead atoms. The number of anilines is 1. The van der Waals surface area contributed by atoms with Gasteiger partial charge < -0.3 is 23.8 Å². The third-order valence-electron chi connectivity index (χ3n) is 12.7. The molecule has 0 amide bonds. The summed E-state index contributed by atoms with van der Waals surface area (Å²) in [4.78, 5) is 17.9. The van der Waals surface area contributed by atoms with Gasteiger partial charge in [-0.1, -0.05) is 53.5 Å². The molecular weight excluding hydrogens is 748 g/mol. The number of alkyl halides is 1. The van der Waals surface area contributed by atoms with E-state index in [1.54, 1.807) is 18.2 Å². The highest BCUT2D eigenvalue weighted by Crippen LogP contribution is 2.45. The summed E-state index contributed by atoms with van der Waals surface area (Å²) >= 11 is 0. The predicted octanol–water partition coefficient (Wildman–Crippen LogP) is 9.00. The Morgan fingerprint density at radius 1 is 1.05 bits per heavy atom. The van der Waals surface area contributed by atoms with Gasteiger partial charge in [0.1, 0.15) is 49.4 Å². The smallest absolute Gasteiger partial charge is 0.319 e. The molecular formula is C44H54F3N5O4Si. The van der Waals surface area contributed by atoms with E-state index in [1.165, 1.54) is 19.4 Å². The van der Waals surface area contributed by atoms with Crippen LogP contribution in [0.15, 0.2) is 30.5 Å². The molecule has 2 aromatic heterocycles. The van der Waals surface area contributed by atoms with Crippen molar-refractivity contribution in [3.63, 3.8) is 0 Å². The molecule has 3 aliphatic heterocycles. The van der Waals surface area contributed by atoms with E-state index >= 15 is 8.78 Å². The first-order valence-corrected chi connectivity index (χ1v) is 22.6. The highest BCUT2D eigenvalue weighted by molar-refractivity contribution is 6.90. The number of aromatic nitrogens is 3. The minimum Gasteiger partial charge on any atom is -0.468 e. The maximum absolute atomic E-state index is 17.7. The number of fused-ring (bicyclic) bond motifs is 4. The van der Waals surface area contributed by atoms with Crippen LogP contribution in [0, 0.1) is 23.1 Å². The molecule has 0 N–H and O–H groups in total. The van der Waals surface area contributed by atoms with Crippen LogP contribution < -0.4 is 14.4 Å². The first-order chi connectivity index (χ1) is 28.1. The van der Waals surface area contributed by atoms with Crippen molar-refractivity contribution in [2.24, 2.45) is 0 Å². The highest BCUT2D eigenvalue weighted by atomic mass is 28.3. The van der Waals surface area contributed by atoms with Crippen LogP contribution >= 0.6 is 0 Å². The number of hydrogen-bond donors (Lipinski definition) is 0. The summed E-state index contributed by atoms with van der Waals surface area (Å²) in [6, 6.07) is 5.97. The lowest BCUT2D eigenvalue weighted by molar-refractivity contribution is 0.0512. The fraction of sp³-hybridized carbons (Fsp3) is 0.568. The van der Waals surface area contributed by atoms with Gasteiger partial charge in [0.2, 0.25) is 0 Å². The summed E-state index contributed by atoms with van der Waals surface area (Å²) in [6.07, 6.45) is 2.84.